The van der Waals surface area contributed by atoms with Crippen LogP contribution in [0.4, 0.5) is 0 Å². The van der Waals surface area contributed by atoms with Crippen molar-refractivity contribution in [3.05, 3.63) is 30.2 Å². The molecule has 0 saturated carbocycles. The molecule has 21 heavy (non-hydrogen) atoms. The Kier molecular flexibility index (Phi) is 4.91. The molecule has 1 saturated heterocycles. The highest BCUT2D eigenvalue weighted by molar-refractivity contribution is 5.72. The third-order valence-electron chi connectivity index (χ3n) is 4.74. The van der Waals surface area contributed by atoms with Crippen molar-refractivity contribution in [2.24, 2.45) is 5.92 Å². The van der Waals surface area contributed by atoms with E-state index in [4.69, 9.17) is 4.42 Å². The van der Waals surface area contributed by atoms with Crippen LogP contribution in [0.3, 0.4) is 0 Å². The van der Waals surface area contributed by atoms with Gasteiger partial charge in [0.25, 0.3) is 0 Å². The normalized spacial score (nSPS) is 17.6. The van der Waals surface area contributed by atoms with Gasteiger partial charge in [-0.25, -0.2) is 4.98 Å². The van der Waals surface area contributed by atoms with Gasteiger partial charge in [0.2, 0.25) is 0 Å². The predicted octanol–water partition coefficient (Wildman–Crippen LogP) is 4.27. The number of benzene rings is 1. The van der Waals surface area contributed by atoms with Crippen molar-refractivity contribution < 1.29 is 4.42 Å². The molecule has 0 unspecified atom stereocenters. The number of nitrogens with zero attached hydrogens (tertiary/aromatic N) is 2. The Morgan fingerprint density at radius 1 is 1.19 bits per heavy atom. The molecule has 1 aliphatic rings. The number of rotatable bonds is 6. The molecule has 0 aliphatic carbocycles. The smallest absolute Gasteiger partial charge is 0.195 e. The number of aromatic nitrogens is 1. The second kappa shape index (κ2) is 7.08. The van der Waals surface area contributed by atoms with Crippen molar-refractivity contribution in [1.82, 2.24) is 9.88 Å². The highest BCUT2D eigenvalue weighted by Gasteiger charge is 2.17. The lowest BCUT2D eigenvalue weighted by Gasteiger charge is -2.31. The Morgan fingerprint density at radius 3 is 2.76 bits per heavy atom. The number of aryl methyl sites for hydroxylation is 1. The van der Waals surface area contributed by atoms with Gasteiger partial charge in [0.1, 0.15) is 5.52 Å². The van der Waals surface area contributed by atoms with E-state index in [0.717, 1.165) is 29.3 Å². The predicted molar refractivity (Wildman–Crippen MR) is 86.4 cm³/mol. The third-order valence-corrected chi connectivity index (χ3v) is 4.74. The first-order chi connectivity index (χ1) is 10.3. The number of likely N-dealkylation sites (tertiary alicyclic amines) is 1. The van der Waals surface area contributed by atoms with E-state index in [-0.39, 0.29) is 0 Å². The number of oxazole rings is 1. The fraction of sp³-hybridized carbons (Fsp3) is 0.611. The second-order valence-corrected chi connectivity index (χ2v) is 6.23. The number of hydrogen-bond acceptors (Lipinski definition) is 3. The molecule has 1 fully saturated rings. The Bertz CT molecular complexity index is 522. The van der Waals surface area contributed by atoms with Crippen LogP contribution in [0.2, 0.25) is 0 Å². The molecule has 0 amide bonds. The molecule has 0 atom stereocenters. The number of unbranched alkanes of at least 4 members (excludes halogenated alkanes) is 1. The Hall–Kier alpha value is -1.35. The summed E-state index contributed by atoms with van der Waals surface area (Å²) in [6, 6.07) is 8.01. The van der Waals surface area contributed by atoms with Crippen LogP contribution in [0.25, 0.3) is 11.1 Å². The molecule has 1 aliphatic heterocycles. The summed E-state index contributed by atoms with van der Waals surface area (Å²) in [5.74, 6) is 1.86. The molecule has 0 spiro atoms. The highest BCUT2D eigenvalue weighted by atomic mass is 16.3. The van der Waals surface area contributed by atoms with Gasteiger partial charge in [0.05, 0.1) is 0 Å². The SMILES string of the molecule is CCC1CCN(CCCCc2nc3ccccc3o2)CC1. The van der Waals surface area contributed by atoms with Crippen LogP contribution >= 0.6 is 0 Å². The molecule has 2 heterocycles. The Morgan fingerprint density at radius 2 is 2.00 bits per heavy atom. The zero-order valence-electron chi connectivity index (χ0n) is 13.1. The second-order valence-electron chi connectivity index (χ2n) is 6.23. The molecule has 114 valence electrons. The summed E-state index contributed by atoms with van der Waals surface area (Å²) in [4.78, 5) is 7.16. The summed E-state index contributed by atoms with van der Waals surface area (Å²) < 4.78 is 5.76. The summed E-state index contributed by atoms with van der Waals surface area (Å²) in [5, 5.41) is 0. The molecule has 1 aromatic heterocycles. The molecule has 3 heteroatoms. The first-order valence-corrected chi connectivity index (χ1v) is 8.42. The van der Waals surface area contributed by atoms with Gasteiger partial charge in [-0.2, -0.15) is 0 Å². The number of piperidine rings is 1. The first-order valence-electron chi connectivity index (χ1n) is 8.42. The fourth-order valence-electron chi connectivity index (χ4n) is 3.26. The minimum Gasteiger partial charge on any atom is -0.441 e. The summed E-state index contributed by atoms with van der Waals surface area (Å²) >= 11 is 0. The van der Waals surface area contributed by atoms with E-state index in [9.17, 15) is 0 Å². The van der Waals surface area contributed by atoms with Crippen molar-refractivity contribution in [3.63, 3.8) is 0 Å². The summed E-state index contributed by atoms with van der Waals surface area (Å²) in [6.07, 6.45) is 7.50. The molecule has 3 nitrogen and oxygen atoms in total. The van der Waals surface area contributed by atoms with E-state index >= 15 is 0 Å². The summed E-state index contributed by atoms with van der Waals surface area (Å²) in [7, 11) is 0. The van der Waals surface area contributed by atoms with Crippen LogP contribution < -0.4 is 0 Å². The van der Waals surface area contributed by atoms with Crippen LogP contribution in [0, 0.1) is 5.92 Å². The molecule has 3 rings (SSSR count). The van der Waals surface area contributed by atoms with Gasteiger partial charge in [-0.05, 0) is 63.4 Å². The topological polar surface area (TPSA) is 29.3 Å². The van der Waals surface area contributed by atoms with Gasteiger partial charge in [-0.1, -0.05) is 25.5 Å². The van der Waals surface area contributed by atoms with E-state index < -0.39 is 0 Å². The third kappa shape index (κ3) is 3.85. The minimum absolute atomic E-state index is 0.890. The van der Waals surface area contributed by atoms with Crippen molar-refractivity contribution in [1.29, 1.82) is 0 Å². The van der Waals surface area contributed by atoms with E-state index in [1.165, 1.54) is 51.7 Å². The number of para-hydroxylation sites is 2. The minimum atomic E-state index is 0.890. The van der Waals surface area contributed by atoms with Gasteiger partial charge in [0.15, 0.2) is 11.5 Å². The lowest BCUT2D eigenvalue weighted by molar-refractivity contribution is 0.179. The molecule has 0 N–H and O–H groups in total. The van der Waals surface area contributed by atoms with Crippen molar-refractivity contribution in [3.8, 4) is 0 Å². The Labute approximate surface area is 127 Å². The average Bonchev–Trinajstić information content (AvgIpc) is 2.95. The van der Waals surface area contributed by atoms with Crippen molar-refractivity contribution in [2.75, 3.05) is 19.6 Å². The number of fused-ring (bicyclic) bond motifs is 1. The zero-order chi connectivity index (χ0) is 14.5. The van der Waals surface area contributed by atoms with Gasteiger partial charge in [-0.15, -0.1) is 0 Å². The van der Waals surface area contributed by atoms with Crippen LogP contribution in [0.5, 0.6) is 0 Å². The van der Waals surface area contributed by atoms with Gasteiger partial charge >= 0.3 is 0 Å². The van der Waals surface area contributed by atoms with E-state index in [1.54, 1.807) is 0 Å². The standard InChI is InChI=1S/C18H26N2O/c1-2-15-10-13-20(14-11-15)12-6-5-9-18-19-16-7-3-4-8-17(16)21-18/h3-4,7-8,15H,2,5-6,9-14H2,1H3. The molecule has 1 aromatic carbocycles. The van der Waals surface area contributed by atoms with Crippen molar-refractivity contribution in [2.45, 2.75) is 45.4 Å². The van der Waals surface area contributed by atoms with Gasteiger partial charge < -0.3 is 9.32 Å². The van der Waals surface area contributed by atoms with Crippen LogP contribution in [0.15, 0.2) is 28.7 Å². The largest absolute Gasteiger partial charge is 0.441 e. The van der Waals surface area contributed by atoms with Crippen LogP contribution in [-0.4, -0.2) is 29.5 Å². The molecular formula is C18H26N2O. The fourth-order valence-corrected chi connectivity index (χ4v) is 3.26. The molecule has 0 radical (unpaired) electrons. The Balaban J connectivity index is 1.38. The first kappa shape index (κ1) is 14.6. The van der Waals surface area contributed by atoms with Crippen LogP contribution in [-0.2, 0) is 6.42 Å². The summed E-state index contributed by atoms with van der Waals surface area (Å²) in [6.45, 7) is 6.14. The maximum atomic E-state index is 5.76. The van der Waals surface area contributed by atoms with E-state index in [1.807, 2.05) is 24.3 Å². The molecule has 2 aromatic rings. The molecule has 0 bridgehead atoms. The quantitative estimate of drug-likeness (QED) is 0.743. The number of hydrogen-bond donors (Lipinski definition) is 0. The van der Waals surface area contributed by atoms with Gasteiger partial charge in [0, 0.05) is 6.42 Å². The molecular weight excluding hydrogens is 260 g/mol. The lowest BCUT2D eigenvalue weighted by Crippen LogP contribution is -2.34. The van der Waals surface area contributed by atoms with E-state index in [2.05, 4.69) is 16.8 Å². The van der Waals surface area contributed by atoms with E-state index in [0.29, 0.717) is 0 Å². The highest BCUT2D eigenvalue weighted by Crippen LogP contribution is 2.20. The lowest BCUT2D eigenvalue weighted by atomic mass is 9.94. The zero-order valence-corrected chi connectivity index (χ0v) is 13.1. The average molecular weight is 286 g/mol. The van der Waals surface area contributed by atoms with Gasteiger partial charge in [-0.3, -0.25) is 0 Å². The maximum Gasteiger partial charge on any atom is 0.195 e. The summed E-state index contributed by atoms with van der Waals surface area (Å²) in [5.41, 5.74) is 1.89. The van der Waals surface area contributed by atoms with Crippen LogP contribution in [0.1, 0.15) is 44.9 Å². The maximum absolute atomic E-state index is 5.76. The van der Waals surface area contributed by atoms with Crippen molar-refractivity contribution >= 4 is 11.1 Å². The monoisotopic (exact) mass is 286 g/mol.